The molecule has 1 aromatic rings. The van der Waals surface area contributed by atoms with Crippen LogP contribution in [0.3, 0.4) is 0 Å². The predicted molar refractivity (Wildman–Crippen MR) is 128 cm³/mol. The maximum atomic E-state index is 12.7. The summed E-state index contributed by atoms with van der Waals surface area (Å²) in [5.74, 6) is 0.557. The lowest BCUT2D eigenvalue weighted by Crippen LogP contribution is -2.45. The highest BCUT2D eigenvalue weighted by Gasteiger charge is 2.30. The number of rotatable bonds is 8. The fourth-order valence-corrected chi connectivity index (χ4v) is 3.17. The third kappa shape index (κ3) is 9.63. The fourth-order valence-electron chi connectivity index (χ4n) is 3.17. The normalized spacial score (nSPS) is 17.2. The summed E-state index contributed by atoms with van der Waals surface area (Å²) in [6.45, 7) is 5.17. The number of aliphatic imine (C=N–C) groups is 1. The Bertz CT molecular complexity index is 710. The van der Waals surface area contributed by atoms with Crippen LogP contribution in [0, 0.1) is 0 Å². The quantitative estimate of drug-likeness (QED) is 0.224. The third-order valence-electron chi connectivity index (χ3n) is 4.99. The van der Waals surface area contributed by atoms with Crippen LogP contribution in [0.4, 0.5) is 13.2 Å². The van der Waals surface area contributed by atoms with Gasteiger partial charge in [0.25, 0.3) is 0 Å². The van der Waals surface area contributed by atoms with Gasteiger partial charge in [-0.2, -0.15) is 13.2 Å². The van der Waals surface area contributed by atoms with Crippen LogP contribution >= 0.6 is 24.0 Å². The second-order valence-electron chi connectivity index (χ2n) is 7.79. The van der Waals surface area contributed by atoms with Gasteiger partial charge in [0.15, 0.2) is 5.96 Å². The Labute approximate surface area is 199 Å². The van der Waals surface area contributed by atoms with E-state index in [1.165, 1.54) is 17.0 Å². The van der Waals surface area contributed by atoms with Gasteiger partial charge in [-0.3, -0.25) is 9.69 Å². The number of carbonyl (C=O) groups excluding carboxylic acids is 1. The van der Waals surface area contributed by atoms with Crippen molar-refractivity contribution in [3.8, 4) is 0 Å². The van der Waals surface area contributed by atoms with E-state index >= 15 is 0 Å². The topological polar surface area (TPSA) is 60.0 Å². The number of likely N-dealkylation sites (tertiary alicyclic amines) is 1. The van der Waals surface area contributed by atoms with Crippen LogP contribution in [0.15, 0.2) is 29.3 Å². The molecule has 1 unspecified atom stereocenters. The first-order chi connectivity index (χ1) is 14.2. The first-order valence-electron chi connectivity index (χ1n) is 10.3. The van der Waals surface area contributed by atoms with E-state index in [0.29, 0.717) is 12.5 Å². The van der Waals surface area contributed by atoms with Gasteiger partial charge >= 0.3 is 6.18 Å². The van der Waals surface area contributed by atoms with Crippen molar-refractivity contribution in [2.24, 2.45) is 4.99 Å². The number of nitrogens with one attached hydrogen (secondary N) is 2. The van der Waals surface area contributed by atoms with E-state index < -0.39 is 11.7 Å². The van der Waals surface area contributed by atoms with E-state index in [0.717, 1.165) is 56.6 Å². The van der Waals surface area contributed by atoms with Crippen LogP contribution in [-0.2, 0) is 17.5 Å². The number of alkyl halides is 3. The Hall–Kier alpha value is -1.56. The molecule has 1 atom stereocenters. The number of amides is 1. The maximum absolute atomic E-state index is 12.7. The Balaban J connectivity index is 0.00000480. The van der Waals surface area contributed by atoms with Gasteiger partial charge in [0.1, 0.15) is 6.54 Å². The van der Waals surface area contributed by atoms with E-state index in [1.54, 1.807) is 14.1 Å². The molecule has 31 heavy (non-hydrogen) atoms. The summed E-state index contributed by atoms with van der Waals surface area (Å²) in [5.41, 5.74) is 0.230. The zero-order valence-electron chi connectivity index (χ0n) is 18.3. The summed E-state index contributed by atoms with van der Waals surface area (Å²) >= 11 is 0. The fraction of sp³-hybridized carbons (Fsp3) is 0.619. The van der Waals surface area contributed by atoms with Crippen molar-refractivity contribution in [3.05, 3.63) is 35.4 Å². The molecular formula is C21H33F3IN5O. The summed E-state index contributed by atoms with van der Waals surface area (Å²) < 4.78 is 38.1. The van der Waals surface area contributed by atoms with Crippen molar-refractivity contribution in [2.45, 2.75) is 44.9 Å². The largest absolute Gasteiger partial charge is 0.416 e. The van der Waals surface area contributed by atoms with Crippen LogP contribution < -0.4 is 10.6 Å². The van der Waals surface area contributed by atoms with Gasteiger partial charge < -0.3 is 15.5 Å². The second-order valence-corrected chi connectivity index (χ2v) is 7.79. The Morgan fingerprint density at radius 3 is 2.52 bits per heavy atom. The molecule has 176 valence electrons. The Morgan fingerprint density at radius 1 is 1.26 bits per heavy atom. The van der Waals surface area contributed by atoms with Crippen LogP contribution in [0.1, 0.15) is 37.3 Å². The average Bonchev–Trinajstić information content (AvgIpc) is 3.12. The number of halogens is 4. The summed E-state index contributed by atoms with van der Waals surface area (Å²) in [4.78, 5) is 20.0. The van der Waals surface area contributed by atoms with Gasteiger partial charge in [-0.25, -0.2) is 4.99 Å². The van der Waals surface area contributed by atoms with Crippen LogP contribution in [0.2, 0.25) is 0 Å². The lowest BCUT2D eigenvalue weighted by Gasteiger charge is -2.20. The first kappa shape index (κ1) is 27.5. The van der Waals surface area contributed by atoms with Gasteiger partial charge in [-0.15, -0.1) is 24.0 Å². The number of carbonyl (C=O) groups is 1. The minimum Gasteiger partial charge on any atom is -0.356 e. The molecule has 1 aromatic carbocycles. The predicted octanol–water partition coefficient (Wildman–Crippen LogP) is 3.32. The molecule has 0 aromatic heterocycles. The average molecular weight is 555 g/mol. The highest BCUT2D eigenvalue weighted by molar-refractivity contribution is 14.0. The van der Waals surface area contributed by atoms with Crippen molar-refractivity contribution in [2.75, 3.05) is 40.3 Å². The van der Waals surface area contributed by atoms with Crippen LogP contribution in [0.25, 0.3) is 0 Å². The number of hydrogen-bond donors (Lipinski definition) is 2. The number of guanidine groups is 1. The van der Waals surface area contributed by atoms with Crippen molar-refractivity contribution in [1.29, 1.82) is 0 Å². The summed E-state index contributed by atoms with van der Waals surface area (Å²) in [6, 6.07) is 5.50. The molecule has 2 N–H and O–H groups in total. The van der Waals surface area contributed by atoms with Gasteiger partial charge in [0.05, 0.1) is 5.56 Å². The zero-order chi connectivity index (χ0) is 22.1. The molecule has 1 aliphatic heterocycles. The molecule has 0 radical (unpaired) electrons. The van der Waals surface area contributed by atoms with Gasteiger partial charge in [-0.1, -0.05) is 25.5 Å². The van der Waals surface area contributed by atoms with Gasteiger partial charge in [0, 0.05) is 46.3 Å². The van der Waals surface area contributed by atoms with Crippen LogP contribution in [-0.4, -0.2) is 68.0 Å². The number of benzene rings is 1. The number of nitrogens with zero attached hydrogens (tertiary/aromatic N) is 3. The molecule has 1 aliphatic rings. The summed E-state index contributed by atoms with van der Waals surface area (Å²) in [6.07, 6.45) is -1.35. The van der Waals surface area contributed by atoms with Crippen molar-refractivity contribution < 1.29 is 18.0 Å². The maximum Gasteiger partial charge on any atom is 0.416 e. The lowest BCUT2D eigenvalue weighted by atomic mass is 10.1. The lowest BCUT2D eigenvalue weighted by molar-refractivity contribution is -0.137. The summed E-state index contributed by atoms with van der Waals surface area (Å²) in [5, 5.41) is 6.66. The minimum absolute atomic E-state index is 0. The molecule has 6 nitrogen and oxygen atoms in total. The third-order valence-corrected chi connectivity index (χ3v) is 4.99. The highest BCUT2D eigenvalue weighted by Crippen LogP contribution is 2.29. The van der Waals surface area contributed by atoms with Crippen molar-refractivity contribution in [3.63, 3.8) is 0 Å². The second kappa shape index (κ2) is 13.1. The first-order valence-corrected chi connectivity index (χ1v) is 10.3. The highest BCUT2D eigenvalue weighted by atomic mass is 127. The Kier molecular flexibility index (Phi) is 11.6. The molecular weight excluding hydrogens is 522 g/mol. The van der Waals surface area contributed by atoms with Gasteiger partial charge in [0.2, 0.25) is 5.91 Å². The zero-order valence-corrected chi connectivity index (χ0v) is 20.7. The van der Waals surface area contributed by atoms with E-state index in [1.807, 2.05) is 0 Å². The number of likely N-dealkylation sites (N-methyl/N-ethyl adjacent to an activating group) is 1. The molecule has 1 saturated heterocycles. The van der Waals surface area contributed by atoms with E-state index in [2.05, 4.69) is 27.4 Å². The molecule has 0 saturated carbocycles. The SMILES string of the molecule is CCCCNC(=NCC(=O)N(C)C)NC1CCN(Cc2ccc(C(F)(F)F)cc2)C1.I. The smallest absolute Gasteiger partial charge is 0.356 e. The van der Waals surface area contributed by atoms with E-state index in [-0.39, 0.29) is 42.5 Å². The Morgan fingerprint density at radius 2 is 1.94 bits per heavy atom. The number of unbranched alkanes of at least 4 members (excludes halogenated alkanes) is 1. The summed E-state index contributed by atoms with van der Waals surface area (Å²) in [7, 11) is 3.40. The van der Waals surface area contributed by atoms with Crippen molar-refractivity contribution >= 4 is 35.8 Å². The van der Waals surface area contributed by atoms with E-state index in [4.69, 9.17) is 0 Å². The molecule has 2 rings (SSSR count). The molecule has 0 spiro atoms. The van der Waals surface area contributed by atoms with Gasteiger partial charge in [-0.05, 0) is 30.5 Å². The standard InChI is InChI=1S/C21H32F3N5O.HI/c1-4-5-11-25-20(26-13-19(30)28(2)3)27-18-10-12-29(15-18)14-16-6-8-17(9-7-16)21(22,23)24;/h6-9,18H,4-5,10-15H2,1-3H3,(H2,25,26,27);1H. The number of hydrogen-bond acceptors (Lipinski definition) is 3. The molecule has 1 fully saturated rings. The van der Waals surface area contributed by atoms with Crippen LogP contribution in [0.5, 0.6) is 0 Å². The van der Waals surface area contributed by atoms with Crippen molar-refractivity contribution in [1.82, 2.24) is 20.4 Å². The molecule has 0 bridgehead atoms. The minimum atomic E-state index is -4.31. The molecule has 1 amide bonds. The monoisotopic (exact) mass is 555 g/mol. The van der Waals surface area contributed by atoms with E-state index in [9.17, 15) is 18.0 Å². The molecule has 10 heteroatoms. The molecule has 1 heterocycles. The molecule has 0 aliphatic carbocycles.